The van der Waals surface area contributed by atoms with Gasteiger partial charge in [0.1, 0.15) is 5.82 Å². The van der Waals surface area contributed by atoms with Gasteiger partial charge >= 0.3 is 0 Å². The van der Waals surface area contributed by atoms with Crippen molar-refractivity contribution in [3.8, 4) is 0 Å². The minimum atomic E-state index is 0.129. The van der Waals surface area contributed by atoms with Gasteiger partial charge in [-0.2, -0.15) is 0 Å². The van der Waals surface area contributed by atoms with Gasteiger partial charge in [0.15, 0.2) is 5.96 Å². The summed E-state index contributed by atoms with van der Waals surface area (Å²) in [6.45, 7) is 12.9. The highest BCUT2D eigenvalue weighted by Crippen LogP contribution is 2.19. The van der Waals surface area contributed by atoms with Crippen molar-refractivity contribution in [1.82, 2.24) is 25.4 Å². The van der Waals surface area contributed by atoms with Gasteiger partial charge in [0.05, 0.1) is 0 Å². The number of piperidine rings is 1. The molecule has 0 aliphatic carbocycles. The van der Waals surface area contributed by atoms with Crippen molar-refractivity contribution in [2.24, 2.45) is 4.99 Å². The molecule has 29 heavy (non-hydrogen) atoms. The summed E-state index contributed by atoms with van der Waals surface area (Å²) in [6, 6.07) is 4.30. The molecule has 0 spiro atoms. The second-order valence-corrected chi connectivity index (χ2v) is 8.95. The van der Waals surface area contributed by atoms with Crippen molar-refractivity contribution in [1.29, 1.82) is 0 Å². The summed E-state index contributed by atoms with van der Waals surface area (Å²) in [6.07, 6.45) is 5.97. The first kappa shape index (κ1) is 21.8. The molecule has 2 saturated heterocycles. The molecule has 7 nitrogen and oxygen atoms in total. The van der Waals surface area contributed by atoms with E-state index in [2.05, 4.69) is 68.3 Å². The van der Waals surface area contributed by atoms with E-state index >= 15 is 0 Å². The van der Waals surface area contributed by atoms with Gasteiger partial charge in [-0.3, -0.25) is 9.89 Å². The minimum Gasteiger partial charge on any atom is -0.355 e. The zero-order valence-electron chi connectivity index (χ0n) is 18.7. The summed E-state index contributed by atoms with van der Waals surface area (Å²) < 4.78 is 0. The molecule has 2 fully saturated rings. The summed E-state index contributed by atoms with van der Waals surface area (Å²) >= 11 is 0. The van der Waals surface area contributed by atoms with Gasteiger partial charge in [0.2, 0.25) is 0 Å². The van der Waals surface area contributed by atoms with Crippen molar-refractivity contribution in [3.63, 3.8) is 0 Å². The first-order valence-corrected chi connectivity index (χ1v) is 11.1. The summed E-state index contributed by atoms with van der Waals surface area (Å²) in [7, 11) is 4.01. The van der Waals surface area contributed by atoms with Crippen molar-refractivity contribution >= 4 is 11.8 Å². The van der Waals surface area contributed by atoms with Gasteiger partial charge in [-0.25, -0.2) is 4.98 Å². The maximum atomic E-state index is 4.68. The largest absolute Gasteiger partial charge is 0.355 e. The molecule has 0 atom stereocenters. The number of rotatable bonds is 6. The maximum absolute atomic E-state index is 4.68. The van der Waals surface area contributed by atoms with E-state index in [-0.39, 0.29) is 5.54 Å². The number of piperazine rings is 1. The van der Waals surface area contributed by atoms with Crippen molar-refractivity contribution < 1.29 is 0 Å². The lowest BCUT2D eigenvalue weighted by Crippen LogP contribution is -2.54. The fourth-order valence-electron chi connectivity index (χ4n) is 4.06. The quantitative estimate of drug-likeness (QED) is 0.560. The van der Waals surface area contributed by atoms with Gasteiger partial charge in [-0.15, -0.1) is 0 Å². The molecule has 7 heteroatoms. The number of aromatic nitrogens is 1. The van der Waals surface area contributed by atoms with Gasteiger partial charge < -0.3 is 20.4 Å². The Balaban J connectivity index is 1.45. The van der Waals surface area contributed by atoms with E-state index in [4.69, 9.17) is 0 Å². The zero-order valence-corrected chi connectivity index (χ0v) is 18.7. The first-order valence-electron chi connectivity index (χ1n) is 11.1. The molecule has 1 aromatic heterocycles. The van der Waals surface area contributed by atoms with E-state index in [1.807, 2.05) is 13.2 Å². The second kappa shape index (κ2) is 10.3. The number of guanidine groups is 1. The number of nitrogens with zero attached hydrogens (tertiary/aromatic N) is 5. The molecule has 0 radical (unpaired) electrons. The van der Waals surface area contributed by atoms with Crippen LogP contribution in [0.15, 0.2) is 23.3 Å². The van der Waals surface area contributed by atoms with Crippen LogP contribution in [-0.2, 0) is 6.54 Å². The van der Waals surface area contributed by atoms with E-state index in [0.717, 1.165) is 51.0 Å². The molecule has 0 bridgehead atoms. The Morgan fingerprint density at radius 2 is 1.76 bits per heavy atom. The number of nitrogens with one attached hydrogen (secondary N) is 2. The maximum Gasteiger partial charge on any atom is 0.191 e. The number of hydrogen-bond acceptors (Lipinski definition) is 5. The zero-order chi connectivity index (χ0) is 20.7. The van der Waals surface area contributed by atoms with Crippen LogP contribution in [0.3, 0.4) is 0 Å². The molecule has 3 heterocycles. The topological polar surface area (TPSA) is 59.0 Å². The molecule has 162 valence electrons. The molecule has 0 saturated carbocycles. The lowest BCUT2D eigenvalue weighted by atomic mass is 9.98. The highest BCUT2D eigenvalue weighted by Gasteiger charge is 2.27. The molecule has 2 N–H and O–H groups in total. The summed E-state index contributed by atoms with van der Waals surface area (Å²) in [5.74, 6) is 1.92. The Bertz CT molecular complexity index is 642. The normalized spacial score (nSPS) is 20.0. The van der Waals surface area contributed by atoms with E-state index in [0.29, 0.717) is 0 Å². The Labute approximate surface area is 176 Å². The Kier molecular flexibility index (Phi) is 7.72. The molecule has 3 rings (SSSR count). The first-order chi connectivity index (χ1) is 14.0. The minimum absolute atomic E-state index is 0.129. The summed E-state index contributed by atoms with van der Waals surface area (Å²) in [4.78, 5) is 16.4. The third-order valence-electron chi connectivity index (χ3n) is 6.22. The Morgan fingerprint density at radius 1 is 1.03 bits per heavy atom. The number of anilines is 1. The number of likely N-dealkylation sites (N-methyl/N-ethyl adjacent to an activating group) is 1. The van der Waals surface area contributed by atoms with Crippen LogP contribution in [0.4, 0.5) is 5.82 Å². The lowest BCUT2D eigenvalue weighted by Gasteiger charge is -2.41. The number of aliphatic imine (C=N–C) groups is 1. The van der Waals surface area contributed by atoms with Crippen LogP contribution in [0.25, 0.3) is 0 Å². The van der Waals surface area contributed by atoms with Crippen molar-refractivity contribution in [2.45, 2.75) is 45.2 Å². The third kappa shape index (κ3) is 6.31. The van der Waals surface area contributed by atoms with Gasteiger partial charge in [-0.1, -0.05) is 12.5 Å². The Morgan fingerprint density at radius 3 is 2.38 bits per heavy atom. The summed E-state index contributed by atoms with van der Waals surface area (Å²) in [5.41, 5.74) is 1.30. The van der Waals surface area contributed by atoms with Crippen molar-refractivity contribution in [2.75, 3.05) is 64.8 Å². The van der Waals surface area contributed by atoms with Gasteiger partial charge in [0, 0.05) is 58.1 Å². The van der Waals surface area contributed by atoms with E-state index < -0.39 is 0 Å². The number of likely N-dealkylation sites (tertiary alicyclic amines) is 1. The third-order valence-corrected chi connectivity index (χ3v) is 6.22. The standard InChI is InChI=1S/C22H39N7/c1-22(2,29-10-6-5-7-11-29)18-26-21(23-3)25-17-19-8-9-20(24-16-19)28-14-12-27(4)13-15-28/h8-9,16H,5-7,10-15,17-18H2,1-4H3,(H2,23,25,26). The van der Waals surface area contributed by atoms with Crippen LogP contribution >= 0.6 is 0 Å². The monoisotopic (exact) mass is 401 g/mol. The molecular weight excluding hydrogens is 362 g/mol. The lowest BCUT2D eigenvalue weighted by molar-refractivity contribution is 0.0982. The van der Waals surface area contributed by atoms with Crippen LogP contribution in [0.1, 0.15) is 38.7 Å². The number of hydrogen-bond donors (Lipinski definition) is 2. The smallest absolute Gasteiger partial charge is 0.191 e. The van der Waals surface area contributed by atoms with Crippen molar-refractivity contribution in [3.05, 3.63) is 23.9 Å². The SMILES string of the molecule is CN=C(NCc1ccc(N2CCN(C)CC2)nc1)NCC(C)(C)N1CCCCC1. The second-order valence-electron chi connectivity index (χ2n) is 8.95. The van der Waals surface area contributed by atoms with E-state index in [1.54, 1.807) is 0 Å². The molecule has 0 unspecified atom stereocenters. The fraction of sp³-hybridized carbons (Fsp3) is 0.727. The highest BCUT2D eigenvalue weighted by atomic mass is 15.3. The molecule has 2 aliphatic rings. The molecule has 2 aliphatic heterocycles. The fourth-order valence-corrected chi connectivity index (χ4v) is 4.06. The van der Waals surface area contributed by atoms with Crippen LogP contribution in [0.5, 0.6) is 0 Å². The summed E-state index contributed by atoms with van der Waals surface area (Å²) in [5, 5.41) is 6.93. The molecular formula is C22H39N7. The highest BCUT2D eigenvalue weighted by molar-refractivity contribution is 5.79. The van der Waals surface area contributed by atoms with Gasteiger partial charge in [0.25, 0.3) is 0 Å². The van der Waals surface area contributed by atoms with E-state index in [9.17, 15) is 0 Å². The molecule has 1 aromatic rings. The van der Waals surface area contributed by atoms with Crippen LogP contribution in [0.2, 0.25) is 0 Å². The van der Waals surface area contributed by atoms with Crippen LogP contribution < -0.4 is 15.5 Å². The number of pyridine rings is 1. The predicted molar refractivity (Wildman–Crippen MR) is 122 cm³/mol. The van der Waals surface area contributed by atoms with E-state index in [1.165, 1.54) is 37.9 Å². The average Bonchev–Trinajstić information content (AvgIpc) is 2.75. The van der Waals surface area contributed by atoms with Crippen LogP contribution in [-0.4, -0.2) is 86.2 Å². The molecule has 0 amide bonds. The average molecular weight is 402 g/mol. The molecule has 0 aromatic carbocycles. The van der Waals surface area contributed by atoms with Crippen LogP contribution in [0, 0.1) is 0 Å². The Hall–Kier alpha value is -1.86. The van der Waals surface area contributed by atoms with Gasteiger partial charge in [-0.05, 0) is 58.5 Å². The predicted octanol–water partition coefficient (Wildman–Crippen LogP) is 1.76.